The second kappa shape index (κ2) is 10.5. The van der Waals surface area contributed by atoms with Gasteiger partial charge in [0.15, 0.2) is 0 Å². The fraction of sp³-hybridized carbons (Fsp3) is 0.500. The van der Waals surface area contributed by atoms with Crippen LogP contribution < -0.4 is 0 Å². The molecule has 2 aromatic rings. The predicted octanol–water partition coefficient (Wildman–Crippen LogP) is 3.84. The van der Waals surface area contributed by atoms with Crippen molar-refractivity contribution in [1.29, 1.82) is 0 Å². The Bertz CT molecular complexity index is 1100. The van der Waals surface area contributed by atoms with E-state index in [1.165, 1.54) is 18.2 Å². The molecule has 2 aromatic carbocycles. The van der Waals surface area contributed by atoms with Crippen LogP contribution in [0.3, 0.4) is 0 Å². The molecule has 0 saturated carbocycles. The fourth-order valence-corrected chi connectivity index (χ4v) is 6.83. The maximum Gasteiger partial charge on any atom is 0.253 e. The summed E-state index contributed by atoms with van der Waals surface area (Å²) in [7, 11) is -3.64. The van der Waals surface area contributed by atoms with Gasteiger partial charge in [-0.1, -0.05) is 32.0 Å². The van der Waals surface area contributed by atoms with Crippen LogP contribution in [0.2, 0.25) is 0 Å². The van der Waals surface area contributed by atoms with Crippen molar-refractivity contribution in [2.75, 3.05) is 39.3 Å². The molecule has 8 heteroatoms. The van der Waals surface area contributed by atoms with Gasteiger partial charge in [-0.3, -0.25) is 9.69 Å². The number of rotatable bonds is 5. The number of piperidine rings is 1. The Morgan fingerprint density at radius 1 is 0.971 bits per heavy atom. The van der Waals surface area contributed by atoms with Gasteiger partial charge < -0.3 is 4.90 Å². The van der Waals surface area contributed by atoms with Gasteiger partial charge in [0, 0.05) is 51.4 Å². The third-order valence-electron chi connectivity index (χ3n) is 6.75. The molecule has 6 nitrogen and oxygen atoms in total. The lowest BCUT2D eigenvalue weighted by molar-refractivity contribution is 0.0761. The lowest BCUT2D eigenvalue weighted by Gasteiger charge is -2.34. The first-order valence-corrected chi connectivity index (χ1v) is 13.5. The van der Waals surface area contributed by atoms with Crippen LogP contribution in [0.5, 0.6) is 0 Å². The van der Waals surface area contributed by atoms with E-state index in [-0.39, 0.29) is 16.6 Å². The van der Waals surface area contributed by atoms with E-state index < -0.39 is 10.0 Å². The molecule has 0 aromatic heterocycles. The van der Waals surface area contributed by atoms with E-state index in [0.717, 1.165) is 24.9 Å². The van der Waals surface area contributed by atoms with Gasteiger partial charge in [0.2, 0.25) is 10.0 Å². The van der Waals surface area contributed by atoms with E-state index in [1.807, 2.05) is 0 Å². The molecular weight excluding hydrogens is 453 g/mol. The van der Waals surface area contributed by atoms with Gasteiger partial charge in [-0.25, -0.2) is 12.8 Å². The van der Waals surface area contributed by atoms with Gasteiger partial charge in [0.05, 0.1) is 4.90 Å². The molecule has 2 atom stereocenters. The summed E-state index contributed by atoms with van der Waals surface area (Å²) >= 11 is 0. The molecule has 0 spiro atoms. The van der Waals surface area contributed by atoms with Gasteiger partial charge >= 0.3 is 0 Å². The highest BCUT2D eigenvalue weighted by molar-refractivity contribution is 7.89. The van der Waals surface area contributed by atoms with Crippen LogP contribution in [0.25, 0.3) is 0 Å². The molecule has 0 bridgehead atoms. The third-order valence-corrected chi connectivity index (χ3v) is 8.58. The number of benzene rings is 2. The molecule has 2 fully saturated rings. The highest BCUT2D eigenvalue weighted by Crippen LogP contribution is 2.27. The standard InChI is InChI=1S/C26H34FN3O3S/c1-20-15-21(2)18-30(17-20)34(32,33)25-6-3-5-23(16-25)26(31)29-12-4-11-28(13-14-29)19-22-7-9-24(27)10-8-22/h3,5-10,16,20-21H,4,11-15,17-19H2,1-2H3/t20-,21+. The number of sulfonamides is 1. The molecule has 34 heavy (non-hydrogen) atoms. The van der Waals surface area contributed by atoms with Crippen molar-refractivity contribution in [2.45, 2.75) is 38.1 Å². The summed E-state index contributed by atoms with van der Waals surface area (Å²) in [6.07, 6.45) is 1.85. The molecule has 0 radical (unpaired) electrons. The summed E-state index contributed by atoms with van der Waals surface area (Å²) in [5.74, 6) is 0.252. The third kappa shape index (κ3) is 5.85. The minimum absolute atomic E-state index is 0.138. The molecule has 2 aliphatic heterocycles. The van der Waals surface area contributed by atoms with Crippen LogP contribution in [-0.2, 0) is 16.6 Å². The number of carbonyl (C=O) groups excluding carboxylic acids is 1. The van der Waals surface area contributed by atoms with Crippen LogP contribution >= 0.6 is 0 Å². The van der Waals surface area contributed by atoms with Crippen molar-refractivity contribution >= 4 is 15.9 Å². The fourth-order valence-electron chi connectivity index (χ4n) is 5.10. The van der Waals surface area contributed by atoms with E-state index in [4.69, 9.17) is 0 Å². The van der Waals surface area contributed by atoms with E-state index in [1.54, 1.807) is 39.5 Å². The lowest BCUT2D eigenvalue weighted by atomic mass is 9.94. The highest BCUT2D eigenvalue weighted by atomic mass is 32.2. The molecule has 2 aliphatic rings. The van der Waals surface area contributed by atoms with E-state index >= 15 is 0 Å². The number of nitrogens with zero attached hydrogens (tertiary/aromatic N) is 3. The van der Waals surface area contributed by atoms with Gasteiger partial charge in [0.1, 0.15) is 5.82 Å². The first-order chi connectivity index (χ1) is 16.2. The first-order valence-electron chi connectivity index (χ1n) is 12.1. The van der Waals surface area contributed by atoms with Crippen molar-refractivity contribution in [3.63, 3.8) is 0 Å². The van der Waals surface area contributed by atoms with Crippen molar-refractivity contribution in [3.05, 3.63) is 65.5 Å². The van der Waals surface area contributed by atoms with Crippen molar-refractivity contribution < 1.29 is 17.6 Å². The van der Waals surface area contributed by atoms with Crippen LogP contribution in [0, 0.1) is 17.7 Å². The smallest absolute Gasteiger partial charge is 0.253 e. The second-order valence-corrected chi connectivity index (χ2v) is 11.8. The van der Waals surface area contributed by atoms with Crippen LogP contribution in [-0.4, -0.2) is 67.7 Å². The lowest BCUT2D eigenvalue weighted by Crippen LogP contribution is -2.42. The number of carbonyl (C=O) groups is 1. The quantitative estimate of drug-likeness (QED) is 0.643. The molecule has 2 saturated heterocycles. The SMILES string of the molecule is C[C@@H]1C[C@H](C)CN(S(=O)(=O)c2cccc(C(=O)N3CCCN(Cc4ccc(F)cc4)CC3)c2)C1. The normalized spacial score (nSPS) is 23.0. The average molecular weight is 488 g/mol. The number of hydrogen-bond acceptors (Lipinski definition) is 4. The summed E-state index contributed by atoms with van der Waals surface area (Å²) in [5, 5.41) is 0. The van der Waals surface area contributed by atoms with E-state index in [9.17, 15) is 17.6 Å². The van der Waals surface area contributed by atoms with Crippen LogP contribution in [0.1, 0.15) is 42.6 Å². The van der Waals surface area contributed by atoms with E-state index in [2.05, 4.69) is 18.7 Å². The monoisotopic (exact) mass is 487 g/mol. The van der Waals surface area contributed by atoms with Crippen molar-refractivity contribution in [3.8, 4) is 0 Å². The van der Waals surface area contributed by atoms with Crippen molar-refractivity contribution in [2.24, 2.45) is 11.8 Å². The summed E-state index contributed by atoms with van der Waals surface area (Å²) in [6.45, 7) is 8.65. The maximum atomic E-state index is 13.3. The number of hydrogen-bond donors (Lipinski definition) is 0. The van der Waals surface area contributed by atoms with Crippen LogP contribution in [0.4, 0.5) is 4.39 Å². The second-order valence-electron chi connectivity index (χ2n) is 9.84. The average Bonchev–Trinajstić information content (AvgIpc) is 3.05. The Morgan fingerprint density at radius 3 is 2.38 bits per heavy atom. The van der Waals surface area contributed by atoms with Crippen LogP contribution in [0.15, 0.2) is 53.4 Å². The molecule has 0 aliphatic carbocycles. The Balaban J connectivity index is 1.43. The molecule has 0 unspecified atom stereocenters. The largest absolute Gasteiger partial charge is 0.337 e. The van der Waals surface area contributed by atoms with E-state index in [0.29, 0.717) is 56.7 Å². The molecule has 2 heterocycles. The topological polar surface area (TPSA) is 60.9 Å². The van der Waals surface area contributed by atoms with Gasteiger partial charge in [-0.15, -0.1) is 0 Å². The molecule has 1 amide bonds. The zero-order chi connectivity index (χ0) is 24.3. The zero-order valence-electron chi connectivity index (χ0n) is 20.0. The zero-order valence-corrected chi connectivity index (χ0v) is 20.8. The molecular formula is C26H34FN3O3S. The Labute approximate surface area is 202 Å². The summed E-state index contributed by atoms with van der Waals surface area (Å²) in [6, 6.07) is 13.0. The minimum atomic E-state index is -3.64. The number of amides is 1. The Kier molecular flexibility index (Phi) is 7.70. The molecule has 0 N–H and O–H groups in total. The summed E-state index contributed by atoms with van der Waals surface area (Å²) in [5.41, 5.74) is 1.45. The van der Waals surface area contributed by atoms with Gasteiger partial charge in [0.25, 0.3) is 5.91 Å². The number of halogens is 1. The minimum Gasteiger partial charge on any atom is -0.337 e. The van der Waals surface area contributed by atoms with Crippen molar-refractivity contribution in [1.82, 2.24) is 14.1 Å². The van der Waals surface area contributed by atoms with Gasteiger partial charge in [-0.2, -0.15) is 4.31 Å². The maximum absolute atomic E-state index is 13.3. The first kappa shape index (κ1) is 24.8. The highest BCUT2D eigenvalue weighted by Gasteiger charge is 2.32. The van der Waals surface area contributed by atoms with Gasteiger partial charge in [-0.05, 0) is 60.6 Å². The summed E-state index contributed by atoms with van der Waals surface area (Å²) < 4.78 is 41.3. The predicted molar refractivity (Wildman–Crippen MR) is 130 cm³/mol. The summed E-state index contributed by atoms with van der Waals surface area (Å²) in [4.78, 5) is 17.5. The Morgan fingerprint density at radius 2 is 1.68 bits per heavy atom. The Hall–Kier alpha value is -2.29. The molecule has 4 rings (SSSR count). The molecule has 184 valence electrons.